The molecule has 0 radical (unpaired) electrons. The summed E-state index contributed by atoms with van der Waals surface area (Å²) in [6.45, 7) is 4.26. The Kier molecular flexibility index (Phi) is 8.06. The van der Waals surface area contributed by atoms with Crippen LogP contribution in [-0.2, 0) is 19.1 Å². The molecule has 1 aliphatic rings. The molecule has 158 valence electrons. The second-order valence-electron chi connectivity index (χ2n) is 7.10. The minimum absolute atomic E-state index is 0.0102. The van der Waals surface area contributed by atoms with Gasteiger partial charge in [0.25, 0.3) is 5.91 Å². The molecule has 0 bridgehead atoms. The van der Waals surface area contributed by atoms with Gasteiger partial charge in [-0.15, -0.1) is 0 Å². The normalized spacial score (nSPS) is 16.7. The Labute approximate surface area is 170 Å². The molecule has 1 aliphatic heterocycles. The van der Waals surface area contributed by atoms with Crippen molar-refractivity contribution in [1.82, 2.24) is 4.90 Å². The van der Waals surface area contributed by atoms with Gasteiger partial charge in [0.2, 0.25) is 5.91 Å². The van der Waals surface area contributed by atoms with Crippen molar-refractivity contribution in [2.75, 3.05) is 26.8 Å². The van der Waals surface area contributed by atoms with Crippen LogP contribution in [-0.4, -0.2) is 55.6 Å². The highest BCUT2D eigenvalue weighted by Crippen LogP contribution is 2.29. The first-order chi connectivity index (χ1) is 13.8. The zero-order chi connectivity index (χ0) is 21.4. The lowest BCUT2D eigenvalue weighted by molar-refractivity contribution is -0.149. The van der Waals surface area contributed by atoms with Crippen LogP contribution in [0, 0.1) is 5.92 Å². The van der Waals surface area contributed by atoms with Gasteiger partial charge in [0.05, 0.1) is 19.1 Å². The van der Waals surface area contributed by atoms with E-state index in [2.05, 4.69) is 0 Å². The van der Waals surface area contributed by atoms with Crippen molar-refractivity contribution in [2.24, 2.45) is 11.7 Å². The van der Waals surface area contributed by atoms with E-state index in [0.717, 1.165) is 5.56 Å². The van der Waals surface area contributed by atoms with E-state index >= 15 is 0 Å². The molecule has 0 aliphatic carbocycles. The van der Waals surface area contributed by atoms with E-state index in [0.29, 0.717) is 30.9 Å². The van der Waals surface area contributed by atoms with Crippen LogP contribution < -0.4 is 15.2 Å². The molecule has 2 N–H and O–H groups in total. The molecule has 0 spiro atoms. The summed E-state index contributed by atoms with van der Waals surface area (Å²) in [5, 5.41) is 0. The fourth-order valence-electron chi connectivity index (χ4n) is 3.01. The van der Waals surface area contributed by atoms with Gasteiger partial charge < -0.3 is 24.8 Å². The van der Waals surface area contributed by atoms with Crippen molar-refractivity contribution in [2.45, 2.75) is 32.8 Å². The number of esters is 1. The topological polar surface area (TPSA) is 108 Å². The lowest BCUT2D eigenvalue weighted by atomic mass is 9.97. The van der Waals surface area contributed by atoms with Crippen LogP contribution >= 0.6 is 0 Å². The monoisotopic (exact) mass is 404 g/mol. The number of carbonyl (C=O) groups excluding carboxylic acids is 3. The molecule has 29 heavy (non-hydrogen) atoms. The number of hydrogen-bond acceptors (Lipinski definition) is 6. The van der Waals surface area contributed by atoms with Crippen molar-refractivity contribution in [1.29, 1.82) is 0 Å². The molecule has 2 amide bonds. The van der Waals surface area contributed by atoms with E-state index in [1.165, 1.54) is 11.0 Å². The van der Waals surface area contributed by atoms with Crippen molar-refractivity contribution in [3.63, 3.8) is 0 Å². The van der Waals surface area contributed by atoms with E-state index in [-0.39, 0.29) is 31.1 Å². The fraction of sp³-hybridized carbons (Fsp3) is 0.476. The molecule has 8 heteroatoms. The summed E-state index contributed by atoms with van der Waals surface area (Å²) in [6.07, 6.45) is 4.19. The van der Waals surface area contributed by atoms with Gasteiger partial charge in [-0.05, 0) is 50.5 Å². The summed E-state index contributed by atoms with van der Waals surface area (Å²) in [5.74, 6) is -0.566. The molecule has 1 fully saturated rings. The number of carbonyl (C=O) groups is 3. The number of nitrogens with zero attached hydrogens (tertiary/aromatic N) is 1. The SMILES string of the molecule is COc1cc(/C=C/C(=O)OCC(=O)N2CCC[C@@H](C(N)=O)C2)ccc1OC(C)C. The first-order valence-electron chi connectivity index (χ1n) is 9.56. The maximum atomic E-state index is 12.2. The molecule has 0 saturated carbocycles. The Balaban J connectivity index is 1.88. The van der Waals surface area contributed by atoms with Crippen LogP contribution in [0.5, 0.6) is 11.5 Å². The number of nitrogens with two attached hydrogens (primary N) is 1. The Hall–Kier alpha value is -3.03. The van der Waals surface area contributed by atoms with Gasteiger partial charge in [-0.1, -0.05) is 6.07 Å². The Morgan fingerprint density at radius 1 is 1.28 bits per heavy atom. The van der Waals surface area contributed by atoms with Crippen LogP contribution in [0.2, 0.25) is 0 Å². The molecule has 1 heterocycles. The maximum Gasteiger partial charge on any atom is 0.331 e. The lowest BCUT2D eigenvalue weighted by Crippen LogP contribution is -2.45. The average molecular weight is 404 g/mol. The van der Waals surface area contributed by atoms with Crippen molar-refractivity contribution in [3.8, 4) is 11.5 Å². The zero-order valence-corrected chi connectivity index (χ0v) is 17.1. The number of ether oxygens (including phenoxy) is 3. The van der Waals surface area contributed by atoms with Gasteiger partial charge in [-0.3, -0.25) is 9.59 Å². The highest BCUT2D eigenvalue weighted by Gasteiger charge is 2.27. The minimum atomic E-state index is -0.636. The van der Waals surface area contributed by atoms with E-state index in [1.807, 2.05) is 13.8 Å². The van der Waals surface area contributed by atoms with E-state index in [1.54, 1.807) is 31.4 Å². The Bertz CT molecular complexity index is 774. The van der Waals surface area contributed by atoms with E-state index in [9.17, 15) is 14.4 Å². The largest absolute Gasteiger partial charge is 0.493 e. The number of primary amides is 1. The number of rotatable bonds is 8. The highest BCUT2D eigenvalue weighted by atomic mass is 16.5. The summed E-state index contributed by atoms with van der Waals surface area (Å²) in [4.78, 5) is 36.9. The van der Waals surface area contributed by atoms with Crippen molar-refractivity contribution in [3.05, 3.63) is 29.8 Å². The average Bonchev–Trinajstić information content (AvgIpc) is 2.70. The predicted molar refractivity (Wildman–Crippen MR) is 107 cm³/mol. The van der Waals surface area contributed by atoms with Gasteiger partial charge in [0.1, 0.15) is 0 Å². The number of benzene rings is 1. The van der Waals surface area contributed by atoms with E-state index < -0.39 is 11.9 Å². The third-order valence-corrected chi connectivity index (χ3v) is 4.48. The van der Waals surface area contributed by atoms with Crippen LogP contribution in [0.25, 0.3) is 6.08 Å². The van der Waals surface area contributed by atoms with Crippen LogP contribution in [0.4, 0.5) is 0 Å². The molecule has 1 aromatic rings. The number of likely N-dealkylation sites (tertiary alicyclic amines) is 1. The summed E-state index contributed by atoms with van der Waals surface area (Å²) in [5.41, 5.74) is 6.04. The zero-order valence-electron chi connectivity index (χ0n) is 17.1. The van der Waals surface area contributed by atoms with Gasteiger partial charge in [-0.25, -0.2) is 4.79 Å². The molecular formula is C21H28N2O6. The summed E-state index contributed by atoms with van der Waals surface area (Å²) < 4.78 is 16.0. The number of piperidine rings is 1. The maximum absolute atomic E-state index is 12.2. The third kappa shape index (κ3) is 6.81. The summed E-state index contributed by atoms with van der Waals surface area (Å²) in [6, 6.07) is 5.29. The fourth-order valence-corrected chi connectivity index (χ4v) is 3.01. The molecule has 1 atom stereocenters. The standard InChI is InChI=1S/C21H28N2O6/c1-14(2)29-17-8-6-15(11-18(17)27-3)7-9-20(25)28-13-19(24)23-10-4-5-16(12-23)21(22)26/h6-9,11,14,16H,4-5,10,12-13H2,1-3H3,(H2,22,26)/b9-7+/t16-/m1/s1. The minimum Gasteiger partial charge on any atom is -0.493 e. The molecule has 0 aromatic heterocycles. The van der Waals surface area contributed by atoms with Gasteiger partial charge in [-0.2, -0.15) is 0 Å². The number of methoxy groups -OCH3 is 1. The molecule has 0 unspecified atom stereocenters. The second kappa shape index (κ2) is 10.5. The smallest absolute Gasteiger partial charge is 0.331 e. The van der Waals surface area contributed by atoms with Crippen LogP contribution in [0.3, 0.4) is 0 Å². The lowest BCUT2D eigenvalue weighted by Gasteiger charge is -2.30. The van der Waals surface area contributed by atoms with Crippen molar-refractivity contribution >= 4 is 23.9 Å². The number of amides is 2. The highest BCUT2D eigenvalue weighted by molar-refractivity contribution is 5.89. The molecule has 2 rings (SSSR count). The second-order valence-corrected chi connectivity index (χ2v) is 7.10. The summed E-state index contributed by atoms with van der Waals surface area (Å²) >= 11 is 0. The predicted octanol–water partition coefficient (Wildman–Crippen LogP) is 1.76. The first kappa shape index (κ1) is 22.3. The number of hydrogen-bond donors (Lipinski definition) is 1. The van der Waals surface area contributed by atoms with Crippen LogP contribution in [0.15, 0.2) is 24.3 Å². The molecule has 1 aromatic carbocycles. The quantitative estimate of drug-likeness (QED) is 0.522. The summed E-state index contributed by atoms with van der Waals surface area (Å²) in [7, 11) is 1.54. The molecule has 1 saturated heterocycles. The van der Waals surface area contributed by atoms with Gasteiger partial charge in [0.15, 0.2) is 18.1 Å². The van der Waals surface area contributed by atoms with Gasteiger partial charge in [0, 0.05) is 19.2 Å². The molecular weight excluding hydrogens is 376 g/mol. The van der Waals surface area contributed by atoms with Gasteiger partial charge >= 0.3 is 5.97 Å². The first-order valence-corrected chi connectivity index (χ1v) is 9.56. The Morgan fingerprint density at radius 3 is 2.69 bits per heavy atom. The Morgan fingerprint density at radius 2 is 2.03 bits per heavy atom. The van der Waals surface area contributed by atoms with E-state index in [4.69, 9.17) is 19.9 Å². The van der Waals surface area contributed by atoms with Crippen LogP contribution in [0.1, 0.15) is 32.3 Å². The third-order valence-electron chi connectivity index (χ3n) is 4.48. The molecule has 8 nitrogen and oxygen atoms in total. The van der Waals surface area contributed by atoms with Crippen molar-refractivity contribution < 1.29 is 28.6 Å².